The third-order valence-corrected chi connectivity index (χ3v) is 2.24. The molecule has 0 radical (unpaired) electrons. The number of hydrogen-bond donors (Lipinski definition) is 2. The van der Waals surface area contributed by atoms with Crippen LogP contribution in [0.4, 0.5) is 5.82 Å². The Morgan fingerprint density at radius 2 is 2.50 bits per heavy atom. The normalized spacial score (nSPS) is 21.1. The molecule has 2 heterocycles. The molecule has 0 bridgehead atoms. The van der Waals surface area contributed by atoms with Gasteiger partial charge in [-0.05, 0) is 13.0 Å². The molecule has 0 saturated heterocycles. The standard InChI is InChI=1S/C9H12N4O/c1-6-9(14)13(10)5-7-3-2-4-11-8(7)12-6/h2-4,6H,5,10H2,1H3,(H,11,12)/t6-/m0/s1. The molecule has 5 nitrogen and oxygen atoms in total. The van der Waals surface area contributed by atoms with Crippen LogP contribution < -0.4 is 11.2 Å². The second kappa shape index (κ2) is 3.26. The van der Waals surface area contributed by atoms with Crippen molar-refractivity contribution in [3.8, 4) is 0 Å². The number of hydrazine groups is 1. The Kier molecular flexibility index (Phi) is 2.09. The number of nitrogens with one attached hydrogen (secondary N) is 1. The van der Waals surface area contributed by atoms with Gasteiger partial charge < -0.3 is 5.32 Å². The zero-order chi connectivity index (χ0) is 10.1. The zero-order valence-electron chi connectivity index (χ0n) is 7.90. The molecular formula is C9H12N4O. The van der Waals surface area contributed by atoms with Crippen molar-refractivity contribution < 1.29 is 4.79 Å². The average Bonchev–Trinajstić information content (AvgIpc) is 2.28. The van der Waals surface area contributed by atoms with Crippen LogP contribution in [0, 0.1) is 0 Å². The second-order valence-corrected chi connectivity index (χ2v) is 3.34. The summed E-state index contributed by atoms with van der Waals surface area (Å²) >= 11 is 0. The number of hydrogen-bond acceptors (Lipinski definition) is 4. The molecule has 5 heteroatoms. The fourth-order valence-corrected chi connectivity index (χ4v) is 1.47. The van der Waals surface area contributed by atoms with E-state index in [-0.39, 0.29) is 11.9 Å². The van der Waals surface area contributed by atoms with Gasteiger partial charge in [0, 0.05) is 11.8 Å². The van der Waals surface area contributed by atoms with Crippen LogP contribution in [0.2, 0.25) is 0 Å². The molecule has 0 aromatic carbocycles. The topological polar surface area (TPSA) is 71.2 Å². The van der Waals surface area contributed by atoms with E-state index in [1.165, 1.54) is 5.01 Å². The molecule has 3 N–H and O–H groups in total. The number of aromatic nitrogens is 1. The molecule has 0 spiro atoms. The summed E-state index contributed by atoms with van der Waals surface area (Å²) in [6, 6.07) is 3.41. The maximum absolute atomic E-state index is 11.5. The smallest absolute Gasteiger partial charge is 0.259 e. The number of anilines is 1. The number of fused-ring (bicyclic) bond motifs is 1. The molecule has 1 aromatic rings. The third-order valence-electron chi connectivity index (χ3n) is 2.24. The monoisotopic (exact) mass is 192 g/mol. The SMILES string of the molecule is C[C@@H]1Nc2ncccc2CN(N)C1=O. The second-order valence-electron chi connectivity index (χ2n) is 3.34. The third kappa shape index (κ3) is 1.42. The minimum atomic E-state index is -0.323. The Bertz CT molecular complexity index is 333. The molecule has 74 valence electrons. The van der Waals surface area contributed by atoms with Gasteiger partial charge in [0.25, 0.3) is 5.91 Å². The summed E-state index contributed by atoms with van der Waals surface area (Å²) in [7, 11) is 0. The Balaban J connectivity index is 2.39. The molecule has 0 saturated carbocycles. The molecule has 1 aliphatic rings. The zero-order valence-corrected chi connectivity index (χ0v) is 7.90. The Morgan fingerprint density at radius 1 is 1.71 bits per heavy atom. The molecule has 1 atom stereocenters. The summed E-state index contributed by atoms with van der Waals surface area (Å²) in [4.78, 5) is 15.7. The number of rotatable bonds is 0. The first kappa shape index (κ1) is 8.96. The molecular weight excluding hydrogens is 180 g/mol. The maximum Gasteiger partial charge on any atom is 0.259 e. The lowest BCUT2D eigenvalue weighted by Gasteiger charge is -2.15. The average molecular weight is 192 g/mol. The van der Waals surface area contributed by atoms with Crippen molar-refractivity contribution in [1.29, 1.82) is 0 Å². The first-order valence-electron chi connectivity index (χ1n) is 4.45. The molecule has 1 aliphatic heterocycles. The molecule has 0 aliphatic carbocycles. The van der Waals surface area contributed by atoms with Gasteiger partial charge in [0.2, 0.25) is 0 Å². The van der Waals surface area contributed by atoms with Crippen molar-refractivity contribution in [3.05, 3.63) is 23.9 Å². The molecule has 1 aromatic heterocycles. The van der Waals surface area contributed by atoms with E-state index in [1.54, 1.807) is 13.1 Å². The highest BCUT2D eigenvalue weighted by Gasteiger charge is 2.24. The van der Waals surface area contributed by atoms with Gasteiger partial charge >= 0.3 is 0 Å². The Morgan fingerprint density at radius 3 is 3.29 bits per heavy atom. The molecule has 2 rings (SSSR count). The van der Waals surface area contributed by atoms with Crippen LogP contribution >= 0.6 is 0 Å². The van der Waals surface area contributed by atoms with Crippen LogP contribution in [-0.4, -0.2) is 21.9 Å². The van der Waals surface area contributed by atoms with E-state index in [0.717, 1.165) is 11.4 Å². The molecule has 0 unspecified atom stereocenters. The largest absolute Gasteiger partial charge is 0.358 e. The van der Waals surface area contributed by atoms with E-state index in [4.69, 9.17) is 5.84 Å². The lowest BCUT2D eigenvalue weighted by atomic mass is 10.2. The van der Waals surface area contributed by atoms with Gasteiger partial charge in [0.05, 0.1) is 6.54 Å². The van der Waals surface area contributed by atoms with Gasteiger partial charge in [-0.1, -0.05) is 6.07 Å². The van der Waals surface area contributed by atoms with Gasteiger partial charge in [0.15, 0.2) is 0 Å². The molecule has 0 fully saturated rings. The number of nitrogens with zero attached hydrogens (tertiary/aromatic N) is 2. The quantitative estimate of drug-likeness (QED) is 0.451. The highest BCUT2D eigenvalue weighted by Crippen LogP contribution is 2.17. The number of amides is 1. The van der Waals surface area contributed by atoms with Crippen LogP contribution in [0.25, 0.3) is 0 Å². The summed E-state index contributed by atoms with van der Waals surface area (Å²) in [5.41, 5.74) is 0.938. The lowest BCUT2D eigenvalue weighted by Crippen LogP contribution is -2.42. The van der Waals surface area contributed by atoms with Gasteiger partial charge in [-0.2, -0.15) is 0 Å². The number of carbonyl (C=O) groups excluding carboxylic acids is 1. The maximum atomic E-state index is 11.5. The van der Waals surface area contributed by atoms with Crippen molar-refractivity contribution in [3.63, 3.8) is 0 Å². The molecule has 14 heavy (non-hydrogen) atoms. The van der Waals surface area contributed by atoms with Crippen LogP contribution in [0.5, 0.6) is 0 Å². The van der Waals surface area contributed by atoms with E-state index in [0.29, 0.717) is 6.54 Å². The molecule has 1 amide bonds. The van der Waals surface area contributed by atoms with E-state index in [2.05, 4.69) is 10.3 Å². The van der Waals surface area contributed by atoms with Gasteiger partial charge in [-0.15, -0.1) is 0 Å². The van der Waals surface area contributed by atoms with E-state index in [9.17, 15) is 4.79 Å². The van der Waals surface area contributed by atoms with Crippen LogP contribution in [0.3, 0.4) is 0 Å². The minimum absolute atomic E-state index is 0.122. The van der Waals surface area contributed by atoms with Crippen molar-refractivity contribution >= 4 is 11.7 Å². The van der Waals surface area contributed by atoms with Crippen molar-refractivity contribution in [1.82, 2.24) is 9.99 Å². The summed E-state index contributed by atoms with van der Waals surface area (Å²) < 4.78 is 0. The predicted molar refractivity (Wildman–Crippen MR) is 52.1 cm³/mol. The number of nitrogens with two attached hydrogens (primary N) is 1. The predicted octanol–water partition coefficient (Wildman–Crippen LogP) is 0.0979. The lowest BCUT2D eigenvalue weighted by molar-refractivity contribution is -0.132. The summed E-state index contributed by atoms with van der Waals surface area (Å²) in [5, 5.41) is 4.23. The number of carbonyl (C=O) groups is 1. The summed E-state index contributed by atoms with van der Waals surface area (Å²) in [6.45, 7) is 2.17. The number of pyridine rings is 1. The van der Waals surface area contributed by atoms with E-state index in [1.807, 2.05) is 12.1 Å². The first-order chi connectivity index (χ1) is 6.68. The van der Waals surface area contributed by atoms with E-state index >= 15 is 0 Å². The summed E-state index contributed by atoms with van der Waals surface area (Å²) in [6.07, 6.45) is 1.69. The highest BCUT2D eigenvalue weighted by molar-refractivity contribution is 5.84. The summed E-state index contributed by atoms with van der Waals surface area (Å²) in [5.74, 6) is 6.21. The van der Waals surface area contributed by atoms with Crippen LogP contribution in [0.15, 0.2) is 18.3 Å². The van der Waals surface area contributed by atoms with E-state index < -0.39 is 0 Å². The highest BCUT2D eigenvalue weighted by atomic mass is 16.2. The van der Waals surface area contributed by atoms with Crippen molar-refractivity contribution in [2.75, 3.05) is 5.32 Å². The van der Waals surface area contributed by atoms with Gasteiger partial charge in [0.1, 0.15) is 11.9 Å². The van der Waals surface area contributed by atoms with Crippen LogP contribution in [0.1, 0.15) is 12.5 Å². The Hall–Kier alpha value is -1.62. The fourth-order valence-electron chi connectivity index (χ4n) is 1.47. The van der Waals surface area contributed by atoms with Gasteiger partial charge in [-0.3, -0.25) is 9.80 Å². The minimum Gasteiger partial charge on any atom is -0.358 e. The van der Waals surface area contributed by atoms with Gasteiger partial charge in [-0.25, -0.2) is 10.8 Å². The first-order valence-corrected chi connectivity index (χ1v) is 4.45. The Labute approximate surface area is 81.9 Å². The van der Waals surface area contributed by atoms with Crippen molar-refractivity contribution in [2.45, 2.75) is 19.5 Å². The van der Waals surface area contributed by atoms with Crippen molar-refractivity contribution in [2.24, 2.45) is 5.84 Å². The fraction of sp³-hybridized carbons (Fsp3) is 0.333. The van der Waals surface area contributed by atoms with Crippen LogP contribution in [-0.2, 0) is 11.3 Å².